The molecule has 0 spiro atoms. The molecule has 1 aliphatic rings. The Kier molecular flexibility index (Phi) is 3.74. The maximum atomic E-state index is 12.3. The number of rotatable bonds is 3. The van der Waals surface area contributed by atoms with Crippen LogP contribution in [0.15, 0.2) is 24.3 Å². The van der Waals surface area contributed by atoms with E-state index in [1.807, 2.05) is 6.92 Å². The van der Waals surface area contributed by atoms with Gasteiger partial charge >= 0.3 is 5.97 Å². The summed E-state index contributed by atoms with van der Waals surface area (Å²) in [6, 6.07) is 6.90. The third kappa shape index (κ3) is 2.70. The quantitative estimate of drug-likeness (QED) is 0.897. The zero-order valence-corrected chi connectivity index (χ0v) is 11.0. The van der Waals surface area contributed by atoms with Crippen LogP contribution in [-0.2, 0) is 4.79 Å². The lowest BCUT2D eigenvalue weighted by molar-refractivity contribution is -0.142. The summed E-state index contributed by atoms with van der Waals surface area (Å²) in [4.78, 5) is 25.0. The second-order valence-corrected chi connectivity index (χ2v) is 4.86. The molecule has 0 aromatic heterocycles. The molecule has 0 saturated carbocycles. The number of amides is 1. The van der Waals surface area contributed by atoms with E-state index in [4.69, 9.17) is 9.84 Å². The summed E-state index contributed by atoms with van der Waals surface area (Å²) in [6.07, 6.45) is 0. The molecule has 0 unspecified atom stereocenters. The van der Waals surface area contributed by atoms with E-state index in [0.717, 1.165) is 0 Å². The lowest BCUT2D eigenvalue weighted by Gasteiger charge is -2.16. The molecule has 1 heterocycles. The van der Waals surface area contributed by atoms with Gasteiger partial charge in [-0.15, -0.1) is 0 Å². The first-order valence-corrected chi connectivity index (χ1v) is 6.19. The third-order valence-electron chi connectivity index (χ3n) is 3.53. The van der Waals surface area contributed by atoms with Crippen molar-refractivity contribution in [2.75, 3.05) is 20.2 Å². The molecule has 5 heteroatoms. The average molecular weight is 263 g/mol. The highest BCUT2D eigenvalue weighted by molar-refractivity contribution is 5.95. The maximum Gasteiger partial charge on any atom is 0.308 e. The topological polar surface area (TPSA) is 66.8 Å². The number of hydrogen-bond acceptors (Lipinski definition) is 3. The van der Waals surface area contributed by atoms with Gasteiger partial charge < -0.3 is 14.7 Å². The first kappa shape index (κ1) is 13.4. The molecule has 1 aliphatic heterocycles. The molecule has 0 aliphatic carbocycles. The van der Waals surface area contributed by atoms with Crippen LogP contribution in [-0.4, -0.2) is 42.1 Å². The van der Waals surface area contributed by atoms with Crippen LogP contribution in [0.25, 0.3) is 0 Å². The van der Waals surface area contributed by atoms with Gasteiger partial charge in [-0.1, -0.05) is 13.0 Å². The van der Waals surface area contributed by atoms with Crippen LogP contribution in [0.3, 0.4) is 0 Å². The van der Waals surface area contributed by atoms with E-state index in [2.05, 4.69) is 0 Å². The first-order chi connectivity index (χ1) is 9.02. The smallest absolute Gasteiger partial charge is 0.308 e. The number of methoxy groups -OCH3 is 1. The molecule has 2 atom stereocenters. The predicted molar refractivity (Wildman–Crippen MR) is 69.2 cm³/mol. The fourth-order valence-corrected chi connectivity index (χ4v) is 2.39. The van der Waals surface area contributed by atoms with Crippen LogP contribution in [0, 0.1) is 11.8 Å². The van der Waals surface area contributed by atoms with Crippen molar-refractivity contribution < 1.29 is 19.4 Å². The van der Waals surface area contributed by atoms with E-state index in [9.17, 15) is 9.59 Å². The highest BCUT2D eigenvalue weighted by Crippen LogP contribution is 2.25. The van der Waals surface area contributed by atoms with Gasteiger partial charge in [0.15, 0.2) is 0 Å². The highest BCUT2D eigenvalue weighted by atomic mass is 16.5. The average Bonchev–Trinajstić information content (AvgIpc) is 2.80. The Morgan fingerprint density at radius 1 is 1.37 bits per heavy atom. The Balaban J connectivity index is 2.14. The van der Waals surface area contributed by atoms with Crippen LogP contribution < -0.4 is 4.74 Å². The van der Waals surface area contributed by atoms with Gasteiger partial charge in [0.05, 0.1) is 13.0 Å². The molecule has 0 bridgehead atoms. The molecule has 1 N–H and O–H groups in total. The molecule has 0 radical (unpaired) electrons. The fraction of sp³-hybridized carbons (Fsp3) is 0.429. The summed E-state index contributed by atoms with van der Waals surface area (Å²) in [6.45, 7) is 2.61. The van der Waals surface area contributed by atoms with Gasteiger partial charge in [0, 0.05) is 18.7 Å². The minimum Gasteiger partial charge on any atom is -0.497 e. The Bertz CT molecular complexity index is 500. The van der Waals surface area contributed by atoms with E-state index in [1.165, 1.54) is 0 Å². The SMILES string of the molecule is COc1cccc(C(=O)N2C[C@@H](C)[C@H](C(=O)O)C2)c1. The van der Waals surface area contributed by atoms with Crippen molar-refractivity contribution in [1.29, 1.82) is 0 Å². The normalized spacial score (nSPS) is 22.3. The number of benzene rings is 1. The summed E-state index contributed by atoms with van der Waals surface area (Å²) in [7, 11) is 1.54. The molecular weight excluding hydrogens is 246 g/mol. The number of carboxylic acids is 1. The highest BCUT2D eigenvalue weighted by Gasteiger charge is 2.37. The van der Waals surface area contributed by atoms with Crippen molar-refractivity contribution >= 4 is 11.9 Å². The molecule has 1 saturated heterocycles. The number of ether oxygens (including phenoxy) is 1. The summed E-state index contributed by atoms with van der Waals surface area (Å²) in [5.41, 5.74) is 0.526. The van der Waals surface area contributed by atoms with Crippen LogP contribution in [0.2, 0.25) is 0 Å². The summed E-state index contributed by atoms with van der Waals surface area (Å²) >= 11 is 0. The largest absolute Gasteiger partial charge is 0.497 e. The maximum absolute atomic E-state index is 12.3. The number of likely N-dealkylation sites (tertiary alicyclic amines) is 1. The van der Waals surface area contributed by atoms with E-state index in [-0.39, 0.29) is 18.4 Å². The molecule has 1 amide bonds. The van der Waals surface area contributed by atoms with Crippen LogP contribution >= 0.6 is 0 Å². The van der Waals surface area contributed by atoms with Crippen molar-refractivity contribution in [3.8, 4) is 5.75 Å². The number of carbonyl (C=O) groups excluding carboxylic acids is 1. The fourth-order valence-electron chi connectivity index (χ4n) is 2.39. The predicted octanol–water partition coefficient (Wildman–Crippen LogP) is 1.49. The van der Waals surface area contributed by atoms with Crippen molar-refractivity contribution in [2.45, 2.75) is 6.92 Å². The van der Waals surface area contributed by atoms with Crippen LogP contribution in [0.1, 0.15) is 17.3 Å². The standard InChI is InChI=1S/C14H17NO4/c1-9-7-15(8-12(9)14(17)18)13(16)10-4-3-5-11(6-10)19-2/h3-6,9,12H,7-8H2,1-2H3,(H,17,18)/t9-,12-/m1/s1. The molecule has 102 valence electrons. The zero-order chi connectivity index (χ0) is 14.0. The number of nitrogens with zero attached hydrogens (tertiary/aromatic N) is 1. The minimum absolute atomic E-state index is 0.0212. The van der Waals surface area contributed by atoms with Gasteiger partial charge in [-0.05, 0) is 24.1 Å². The van der Waals surface area contributed by atoms with Crippen molar-refractivity contribution in [1.82, 2.24) is 4.90 Å². The molecular formula is C14H17NO4. The van der Waals surface area contributed by atoms with E-state index < -0.39 is 11.9 Å². The Hall–Kier alpha value is -2.04. The van der Waals surface area contributed by atoms with Gasteiger partial charge in [0.25, 0.3) is 5.91 Å². The number of carboxylic acid groups (broad SMARTS) is 1. The molecule has 1 aromatic carbocycles. The zero-order valence-electron chi connectivity index (χ0n) is 11.0. The third-order valence-corrected chi connectivity index (χ3v) is 3.53. The van der Waals surface area contributed by atoms with Gasteiger partial charge in [0.1, 0.15) is 5.75 Å². The van der Waals surface area contributed by atoms with Gasteiger partial charge in [-0.25, -0.2) is 0 Å². The Morgan fingerprint density at radius 3 is 2.68 bits per heavy atom. The van der Waals surface area contributed by atoms with Crippen LogP contribution in [0.4, 0.5) is 0 Å². The lowest BCUT2D eigenvalue weighted by atomic mass is 9.99. The number of hydrogen-bond donors (Lipinski definition) is 1. The van der Waals surface area contributed by atoms with E-state index >= 15 is 0 Å². The summed E-state index contributed by atoms with van der Waals surface area (Å²) in [5, 5.41) is 9.08. The Labute approximate surface area is 111 Å². The molecule has 1 fully saturated rings. The number of aliphatic carboxylic acids is 1. The van der Waals surface area contributed by atoms with Crippen LogP contribution in [0.5, 0.6) is 5.75 Å². The molecule has 2 rings (SSSR count). The molecule has 1 aromatic rings. The Morgan fingerprint density at radius 2 is 2.11 bits per heavy atom. The van der Waals surface area contributed by atoms with Gasteiger partial charge in [0.2, 0.25) is 0 Å². The lowest BCUT2D eigenvalue weighted by Crippen LogP contribution is -2.29. The minimum atomic E-state index is -0.839. The summed E-state index contributed by atoms with van der Waals surface area (Å²) in [5.74, 6) is -0.863. The first-order valence-electron chi connectivity index (χ1n) is 6.19. The molecule has 5 nitrogen and oxygen atoms in total. The second kappa shape index (κ2) is 5.30. The second-order valence-electron chi connectivity index (χ2n) is 4.86. The van der Waals surface area contributed by atoms with E-state index in [1.54, 1.807) is 36.3 Å². The van der Waals surface area contributed by atoms with Gasteiger partial charge in [-0.2, -0.15) is 0 Å². The van der Waals surface area contributed by atoms with Crippen molar-refractivity contribution in [3.63, 3.8) is 0 Å². The van der Waals surface area contributed by atoms with Crippen molar-refractivity contribution in [2.24, 2.45) is 11.8 Å². The van der Waals surface area contributed by atoms with Gasteiger partial charge in [-0.3, -0.25) is 9.59 Å². The van der Waals surface area contributed by atoms with Crippen molar-refractivity contribution in [3.05, 3.63) is 29.8 Å². The van der Waals surface area contributed by atoms with E-state index in [0.29, 0.717) is 17.9 Å². The monoisotopic (exact) mass is 263 g/mol. The number of carbonyl (C=O) groups is 2. The summed E-state index contributed by atoms with van der Waals surface area (Å²) < 4.78 is 5.08. The molecule has 19 heavy (non-hydrogen) atoms.